The molecule has 0 saturated carbocycles. The molecule has 3 heterocycles. The third-order valence-corrected chi connectivity index (χ3v) is 5.95. The lowest BCUT2D eigenvalue weighted by atomic mass is 10.0. The predicted octanol–water partition coefficient (Wildman–Crippen LogP) is 5.10. The molecular formula is C24H18FN5O2S. The molecule has 0 radical (unpaired) electrons. The Balaban J connectivity index is 1.65. The summed E-state index contributed by atoms with van der Waals surface area (Å²) in [7, 11) is 0. The van der Waals surface area contributed by atoms with Gasteiger partial charge in [-0.3, -0.25) is 15.1 Å². The van der Waals surface area contributed by atoms with Gasteiger partial charge in [0.2, 0.25) is 0 Å². The SMILES string of the molecule is O=[N+]([O-])c1ccc(-n2cccc2[C@H]2[C@@H](c3ccccn3)NC(=S)N2c2ccccc2F)cc1. The molecule has 1 N–H and O–H groups in total. The number of halogens is 1. The van der Waals surface area contributed by atoms with Crippen molar-refractivity contribution in [1.29, 1.82) is 0 Å². The van der Waals surface area contributed by atoms with Crippen LogP contribution in [0, 0.1) is 15.9 Å². The lowest BCUT2D eigenvalue weighted by molar-refractivity contribution is -0.384. The fraction of sp³-hybridized carbons (Fsp3) is 0.0833. The van der Waals surface area contributed by atoms with E-state index in [0.29, 0.717) is 10.8 Å². The van der Waals surface area contributed by atoms with E-state index in [9.17, 15) is 14.5 Å². The second-order valence-electron chi connectivity index (χ2n) is 7.52. The number of pyridine rings is 1. The molecule has 4 aromatic rings. The minimum atomic E-state index is -0.434. The van der Waals surface area contributed by atoms with Gasteiger partial charge in [0.25, 0.3) is 5.69 Å². The number of nitrogens with one attached hydrogen (secondary N) is 1. The normalized spacial score (nSPS) is 17.7. The Morgan fingerprint density at radius 2 is 1.76 bits per heavy atom. The molecule has 1 aliphatic rings. The van der Waals surface area contributed by atoms with E-state index >= 15 is 0 Å². The van der Waals surface area contributed by atoms with Crippen LogP contribution in [0.3, 0.4) is 0 Å². The van der Waals surface area contributed by atoms with Crippen LogP contribution in [0.2, 0.25) is 0 Å². The molecule has 1 fully saturated rings. The van der Waals surface area contributed by atoms with Crippen LogP contribution in [-0.4, -0.2) is 19.6 Å². The van der Waals surface area contributed by atoms with Crippen LogP contribution in [0.4, 0.5) is 15.8 Å². The van der Waals surface area contributed by atoms with Crippen LogP contribution in [0.5, 0.6) is 0 Å². The number of thiocarbonyl (C=S) groups is 1. The maximum Gasteiger partial charge on any atom is 0.269 e. The molecule has 164 valence electrons. The Bertz CT molecular complexity index is 1330. The van der Waals surface area contributed by atoms with Crippen molar-refractivity contribution in [3.8, 4) is 5.69 Å². The van der Waals surface area contributed by atoms with Crippen molar-refractivity contribution in [3.63, 3.8) is 0 Å². The summed E-state index contributed by atoms with van der Waals surface area (Å²) in [5.41, 5.74) is 2.70. The summed E-state index contributed by atoms with van der Waals surface area (Å²) < 4.78 is 16.8. The Labute approximate surface area is 194 Å². The lowest BCUT2D eigenvalue weighted by Crippen LogP contribution is -2.31. The van der Waals surface area contributed by atoms with Crippen molar-refractivity contribution in [2.24, 2.45) is 0 Å². The first-order chi connectivity index (χ1) is 16.0. The van der Waals surface area contributed by atoms with Crippen molar-refractivity contribution < 1.29 is 9.31 Å². The fourth-order valence-corrected chi connectivity index (χ4v) is 4.51. The predicted molar refractivity (Wildman–Crippen MR) is 127 cm³/mol. The van der Waals surface area contributed by atoms with Crippen molar-refractivity contribution in [2.45, 2.75) is 12.1 Å². The Morgan fingerprint density at radius 3 is 2.45 bits per heavy atom. The number of nitrogens with zero attached hydrogens (tertiary/aromatic N) is 4. The minimum absolute atomic E-state index is 0.00973. The zero-order chi connectivity index (χ0) is 22.9. The molecular weight excluding hydrogens is 441 g/mol. The van der Waals surface area contributed by atoms with Gasteiger partial charge in [0.05, 0.1) is 22.3 Å². The van der Waals surface area contributed by atoms with Crippen LogP contribution in [0.1, 0.15) is 23.5 Å². The topological polar surface area (TPSA) is 76.2 Å². The lowest BCUT2D eigenvalue weighted by Gasteiger charge is -2.29. The second-order valence-corrected chi connectivity index (χ2v) is 7.91. The quantitative estimate of drug-likeness (QED) is 0.254. The smallest absolute Gasteiger partial charge is 0.269 e. The van der Waals surface area contributed by atoms with E-state index in [-0.39, 0.29) is 17.5 Å². The summed E-state index contributed by atoms with van der Waals surface area (Å²) in [4.78, 5) is 16.9. The van der Waals surface area contributed by atoms with Gasteiger partial charge in [0, 0.05) is 35.9 Å². The first-order valence-corrected chi connectivity index (χ1v) is 10.6. The average molecular weight is 460 g/mol. The number of non-ortho nitro benzene ring substituents is 1. The van der Waals surface area contributed by atoms with E-state index in [4.69, 9.17) is 12.2 Å². The summed E-state index contributed by atoms with van der Waals surface area (Å²) in [5, 5.41) is 14.8. The molecule has 7 nitrogen and oxygen atoms in total. The molecule has 0 amide bonds. The summed E-state index contributed by atoms with van der Waals surface area (Å²) in [6, 6.07) is 21.5. The molecule has 2 atom stereocenters. The maximum absolute atomic E-state index is 14.9. The largest absolute Gasteiger partial charge is 0.351 e. The van der Waals surface area contributed by atoms with Gasteiger partial charge in [-0.15, -0.1) is 0 Å². The molecule has 5 rings (SSSR count). The van der Waals surface area contributed by atoms with E-state index in [1.54, 1.807) is 41.4 Å². The van der Waals surface area contributed by atoms with E-state index in [0.717, 1.165) is 17.1 Å². The van der Waals surface area contributed by atoms with E-state index < -0.39 is 11.0 Å². The molecule has 2 aromatic heterocycles. The molecule has 0 unspecified atom stereocenters. The molecule has 1 aliphatic heterocycles. The highest BCUT2D eigenvalue weighted by Crippen LogP contribution is 2.42. The standard InChI is InChI=1S/C24H18FN5O2S/c25-18-6-1-2-8-20(18)29-23(22(27-24(29)33)19-7-3-4-14-26-19)21-9-5-15-28(21)16-10-12-17(13-11-16)30(31)32/h1-15,22-23H,(H,27,33)/t22-,23+/m1/s1. The van der Waals surface area contributed by atoms with Gasteiger partial charge in [0.1, 0.15) is 11.9 Å². The Morgan fingerprint density at radius 1 is 1.00 bits per heavy atom. The van der Waals surface area contributed by atoms with Gasteiger partial charge in [-0.2, -0.15) is 0 Å². The number of rotatable bonds is 5. The summed E-state index contributed by atoms with van der Waals surface area (Å²) in [5.74, 6) is -0.387. The number of aromatic nitrogens is 2. The highest BCUT2D eigenvalue weighted by Gasteiger charge is 2.43. The fourth-order valence-electron chi connectivity index (χ4n) is 4.17. The number of anilines is 1. The number of hydrogen-bond donors (Lipinski definition) is 1. The van der Waals surface area contributed by atoms with Gasteiger partial charge in [-0.05, 0) is 60.7 Å². The molecule has 0 spiro atoms. The number of benzene rings is 2. The van der Waals surface area contributed by atoms with Gasteiger partial charge < -0.3 is 14.8 Å². The summed E-state index contributed by atoms with van der Waals surface area (Å²) in [6.07, 6.45) is 3.57. The van der Waals surface area contributed by atoms with Crippen molar-refractivity contribution in [2.75, 3.05) is 4.90 Å². The molecule has 9 heteroatoms. The van der Waals surface area contributed by atoms with Crippen molar-refractivity contribution >= 4 is 28.7 Å². The average Bonchev–Trinajstić information content (AvgIpc) is 3.44. The van der Waals surface area contributed by atoms with Crippen LogP contribution in [0.25, 0.3) is 5.69 Å². The van der Waals surface area contributed by atoms with Crippen molar-refractivity contribution in [3.05, 3.63) is 119 Å². The molecule has 0 bridgehead atoms. The first-order valence-electron chi connectivity index (χ1n) is 10.2. The molecule has 33 heavy (non-hydrogen) atoms. The van der Waals surface area contributed by atoms with Crippen LogP contribution in [0.15, 0.2) is 91.3 Å². The highest BCUT2D eigenvalue weighted by molar-refractivity contribution is 7.80. The number of para-hydroxylation sites is 1. The van der Waals surface area contributed by atoms with Gasteiger partial charge in [-0.1, -0.05) is 18.2 Å². The Hall–Kier alpha value is -4.11. The number of nitro benzene ring substituents is 1. The van der Waals surface area contributed by atoms with Gasteiger partial charge in [0.15, 0.2) is 5.11 Å². The summed E-state index contributed by atoms with van der Waals surface area (Å²) in [6.45, 7) is 0. The third-order valence-electron chi connectivity index (χ3n) is 5.63. The second kappa shape index (κ2) is 8.44. The van der Waals surface area contributed by atoms with Crippen LogP contribution >= 0.6 is 12.2 Å². The zero-order valence-corrected chi connectivity index (χ0v) is 18.0. The zero-order valence-electron chi connectivity index (χ0n) is 17.2. The maximum atomic E-state index is 14.9. The highest BCUT2D eigenvalue weighted by atomic mass is 32.1. The molecule has 1 saturated heterocycles. The minimum Gasteiger partial charge on any atom is -0.351 e. The Kier molecular flexibility index (Phi) is 5.31. The number of nitro groups is 1. The van der Waals surface area contributed by atoms with Gasteiger partial charge in [-0.25, -0.2) is 4.39 Å². The number of hydrogen-bond acceptors (Lipinski definition) is 4. The van der Waals surface area contributed by atoms with E-state index in [2.05, 4.69) is 10.3 Å². The van der Waals surface area contributed by atoms with Crippen LogP contribution < -0.4 is 10.2 Å². The third kappa shape index (κ3) is 3.72. The monoisotopic (exact) mass is 459 g/mol. The summed E-state index contributed by atoms with van der Waals surface area (Å²) >= 11 is 5.65. The molecule has 0 aliphatic carbocycles. The molecule has 2 aromatic carbocycles. The first kappa shape index (κ1) is 20.8. The van der Waals surface area contributed by atoms with Crippen molar-refractivity contribution in [1.82, 2.24) is 14.9 Å². The van der Waals surface area contributed by atoms with E-state index in [1.165, 1.54) is 18.2 Å². The van der Waals surface area contributed by atoms with Crippen LogP contribution in [-0.2, 0) is 0 Å². The van der Waals surface area contributed by atoms with Gasteiger partial charge >= 0.3 is 0 Å². The van der Waals surface area contributed by atoms with E-state index in [1.807, 2.05) is 41.1 Å².